The summed E-state index contributed by atoms with van der Waals surface area (Å²) in [6.07, 6.45) is 1.75. The molecule has 1 aliphatic heterocycles. The van der Waals surface area contributed by atoms with Crippen LogP contribution in [0.15, 0.2) is 23.1 Å². The first-order valence-corrected chi connectivity index (χ1v) is 8.13. The van der Waals surface area contributed by atoms with Crippen LogP contribution in [0.3, 0.4) is 0 Å². The van der Waals surface area contributed by atoms with Crippen molar-refractivity contribution in [1.82, 2.24) is 9.62 Å². The Kier molecular flexibility index (Phi) is 6.01. The summed E-state index contributed by atoms with van der Waals surface area (Å²) in [5.41, 5.74) is 1.90. The number of nitrogens with one attached hydrogen (secondary N) is 1. The van der Waals surface area contributed by atoms with Crippen LogP contribution >= 0.6 is 12.4 Å². The molecule has 1 aromatic rings. The maximum Gasteiger partial charge on any atom is 0.243 e. The van der Waals surface area contributed by atoms with Crippen molar-refractivity contribution in [2.45, 2.75) is 37.6 Å². The van der Waals surface area contributed by atoms with Crippen LogP contribution in [0.4, 0.5) is 0 Å². The first-order chi connectivity index (χ1) is 8.93. The third-order valence-electron chi connectivity index (χ3n) is 3.81. The lowest BCUT2D eigenvalue weighted by molar-refractivity contribution is 0.296. The minimum absolute atomic E-state index is 0. The Morgan fingerprint density at radius 2 is 1.80 bits per heavy atom. The molecular weight excluding hydrogens is 296 g/mol. The molecule has 1 saturated heterocycles. The van der Waals surface area contributed by atoms with Gasteiger partial charge in [0, 0.05) is 13.1 Å². The van der Waals surface area contributed by atoms with Gasteiger partial charge in [0.25, 0.3) is 0 Å². The van der Waals surface area contributed by atoms with Gasteiger partial charge in [0.1, 0.15) is 0 Å². The molecule has 0 amide bonds. The summed E-state index contributed by atoms with van der Waals surface area (Å²) in [7, 11) is -1.68. The molecule has 1 aliphatic rings. The average molecular weight is 319 g/mol. The SMILES string of the molecule is Cc1ccc(S(=O)(=O)N(C)C2CCNCC2)c(C)c1.Cl. The van der Waals surface area contributed by atoms with Crippen molar-refractivity contribution in [2.75, 3.05) is 20.1 Å². The zero-order valence-corrected chi connectivity index (χ0v) is 13.9. The van der Waals surface area contributed by atoms with Crippen molar-refractivity contribution < 1.29 is 8.42 Å². The molecule has 4 nitrogen and oxygen atoms in total. The predicted molar refractivity (Wildman–Crippen MR) is 84.0 cm³/mol. The number of nitrogens with zero attached hydrogens (tertiary/aromatic N) is 1. The van der Waals surface area contributed by atoms with Crippen molar-refractivity contribution in [2.24, 2.45) is 0 Å². The van der Waals surface area contributed by atoms with Crippen LogP contribution in [0.25, 0.3) is 0 Å². The third-order valence-corrected chi connectivity index (χ3v) is 5.88. The van der Waals surface area contributed by atoms with E-state index in [0.29, 0.717) is 4.90 Å². The molecule has 0 unspecified atom stereocenters. The van der Waals surface area contributed by atoms with Crippen LogP contribution in [0, 0.1) is 13.8 Å². The van der Waals surface area contributed by atoms with E-state index in [-0.39, 0.29) is 18.4 Å². The van der Waals surface area contributed by atoms with Gasteiger partial charge in [0.2, 0.25) is 10.0 Å². The maximum atomic E-state index is 12.7. The van der Waals surface area contributed by atoms with Crippen LogP contribution < -0.4 is 5.32 Å². The van der Waals surface area contributed by atoms with Gasteiger partial charge >= 0.3 is 0 Å². The molecule has 1 N–H and O–H groups in total. The summed E-state index contributed by atoms with van der Waals surface area (Å²) in [5, 5.41) is 3.26. The van der Waals surface area contributed by atoms with Crippen molar-refractivity contribution >= 4 is 22.4 Å². The van der Waals surface area contributed by atoms with E-state index in [4.69, 9.17) is 0 Å². The fourth-order valence-corrected chi connectivity index (χ4v) is 4.23. The lowest BCUT2D eigenvalue weighted by Gasteiger charge is -2.31. The summed E-state index contributed by atoms with van der Waals surface area (Å²) in [5.74, 6) is 0. The second-order valence-electron chi connectivity index (χ2n) is 5.27. The number of sulfonamides is 1. The topological polar surface area (TPSA) is 49.4 Å². The highest BCUT2D eigenvalue weighted by atomic mass is 35.5. The molecule has 1 aromatic carbocycles. The van der Waals surface area contributed by atoms with Gasteiger partial charge in [-0.05, 0) is 51.4 Å². The highest BCUT2D eigenvalue weighted by Crippen LogP contribution is 2.23. The molecule has 114 valence electrons. The van der Waals surface area contributed by atoms with Crippen LogP contribution in [0.2, 0.25) is 0 Å². The van der Waals surface area contributed by atoms with Gasteiger partial charge in [-0.15, -0.1) is 12.4 Å². The maximum absolute atomic E-state index is 12.7. The van der Waals surface area contributed by atoms with Gasteiger partial charge in [0.05, 0.1) is 4.90 Å². The van der Waals surface area contributed by atoms with Crippen LogP contribution in [-0.2, 0) is 10.0 Å². The number of rotatable bonds is 3. The normalized spacial score (nSPS) is 17.0. The zero-order chi connectivity index (χ0) is 14.0. The number of hydrogen-bond acceptors (Lipinski definition) is 3. The Bertz CT molecular complexity index is 554. The Morgan fingerprint density at radius 3 is 2.35 bits per heavy atom. The minimum Gasteiger partial charge on any atom is -0.317 e. The molecule has 1 heterocycles. The molecule has 0 radical (unpaired) electrons. The predicted octanol–water partition coefficient (Wildman–Crippen LogP) is 2.10. The fraction of sp³-hybridized carbons (Fsp3) is 0.571. The van der Waals surface area contributed by atoms with Crippen molar-refractivity contribution in [3.05, 3.63) is 29.3 Å². The second kappa shape index (κ2) is 6.89. The number of hydrogen-bond donors (Lipinski definition) is 1. The number of benzene rings is 1. The van der Waals surface area contributed by atoms with Crippen LogP contribution in [0.1, 0.15) is 24.0 Å². The molecule has 20 heavy (non-hydrogen) atoms. The molecule has 0 atom stereocenters. The minimum atomic E-state index is -3.38. The summed E-state index contributed by atoms with van der Waals surface area (Å²) in [6, 6.07) is 5.60. The van der Waals surface area contributed by atoms with E-state index in [1.807, 2.05) is 26.0 Å². The Hall–Kier alpha value is -0.620. The highest BCUT2D eigenvalue weighted by Gasteiger charge is 2.29. The van der Waals surface area contributed by atoms with Crippen LogP contribution in [0.5, 0.6) is 0 Å². The Morgan fingerprint density at radius 1 is 1.20 bits per heavy atom. The fourth-order valence-electron chi connectivity index (χ4n) is 2.61. The molecule has 0 aliphatic carbocycles. The lowest BCUT2D eigenvalue weighted by Crippen LogP contribution is -2.44. The van der Waals surface area contributed by atoms with Gasteiger partial charge in [0.15, 0.2) is 0 Å². The number of piperidine rings is 1. The van der Waals surface area contributed by atoms with Crippen molar-refractivity contribution in [3.8, 4) is 0 Å². The third kappa shape index (κ3) is 3.52. The zero-order valence-electron chi connectivity index (χ0n) is 12.2. The highest BCUT2D eigenvalue weighted by molar-refractivity contribution is 7.89. The summed E-state index contributed by atoms with van der Waals surface area (Å²) >= 11 is 0. The molecule has 0 aromatic heterocycles. The summed E-state index contributed by atoms with van der Waals surface area (Å²) < 4.78 is 26.9. The number of halogens is 1. The molecular formula is C14H23ClN2O2S. The van der Waals surface area contributed by atoms with Gasteiger partial charge in [-0.25, -0.2) is 8.42 Å². The molecule has 0 bridgehead atoms. The monoisotopic (exact) mass is 318 g/mol. The van der Waals surface area contributed by atoms with Gasteiger partial charge in [-0.3, -0.25) is 0 Å². The van der Waals surface area contributed by atoms with E-state index in [1.165, 1.54) is 0 Å². The largest absolute Gasteiger partial charge is 0.317 e. The molecule has 1 fully saturated rings. The van der Waals surface area contributed by atoms with E-state index in [2.05, 4.69) is 5.32 Å². The molecule has 6 heteroatoms. The lowest BCUT2D eigenvalue weighted by atomic mass is 10.1. The van der Waals surface area contributed by atoms with Crippen molar-refractivity contribution in [1.29, 1.82) is 0 Å². The second-order valence-corrected chi connectivity index (χ2v) is 7.24. The molecule has 0 saturated carbocycles. The summed E-state index contributed by atoms with van der Waals surface area (Å²) in [4.78, 5) is 0.430. The first kappa shape index (κ1) is 17.4. The number of aryl methyl sites for hydroxylation is 2. The van der Waals surface area contributed by atoms with E-state index < -0.39 is 10.0 Å². The molecule has 2 rings (SSSR count). The van der Waals surface area contributed by atoms with Gasteiger partial charge in [-0.2, -0.15) is 4.31 Å². The summed E-state index contributed by atoms with van der Waals surface area (Å²) in [6.45, 7) is 5.60. The van der Waals surface area contributed by atoms with Crippen LogP contribution in [-0.4, -0.2) is 38.9 Å². The van der Waals surface area contributed by atoms with E-state index in [9.17, 15) is 8.42 Å². The quantitative estimate of drug-likeness (QED) is 0.928. The molecule has 0 spiro atoms. The van der Waals surface area contributed by atoms with Gasteiger partial charge in [-0.1, -0.05) is 17.7 Å². The first-order valence-electron chi connectivity index (χ1n) is 6.69. The smallest absolute Gasteiger partial charge is 0.243 e. The Balaban J connectivity index is 0.00000200. The van der Waals surface area contributed by atoms with Crippen molar-refractivity contribution in [3.63, 3.8) is 0 Å². The Labute approximate surface area is 128 Å². The van der Waals surface area contributed by atoms with Gasteiger partial charge < -0.3 is 5.32 Å². The van der Waals surface area contributed by atoms with E-state index in [1.54, 1.807) is 17.4 Å². The van der Waals surface area contributed by atoms with E-state index >= 15 is 0 Å². The van der Waals surface area contributed by atoms with E-state index in [0.717, 1.165) is 37.1 Å². The standard InChI is InChI=1S/C14H22N2O2S.ClH/c1-11-4-5-14(12(2)10-11)19(17,18)16(3)13-6-8-15-9-7-13;/h4-5,10,13,15H,6-9H2,1-3H3;1H. The average Bonchev–Trinajstić information content (AvgIpc) is 2.38.